The Balaban J connectivity index is 1.29. The van der Waals surface area contributed by atoms with Crippen molar-refractivity contribution in [2.45, 2.75) is 19.5 Å². The van der Waals surface area contributed by atoms with Crippen LogP contribution >= 0.6 is 0 Å². The average molecular weight is 377 g/mol. The minimum atomic E-state index is -0.403. The molecule has 0 N–H and O–H groups in total. The first kappa shape index (κ1) is 17.8. The van der Waals surface area contributed by atoms with Crippen LogP contribution in [0, 0.1) is 0 Å². The Morgan fingerprint density at radius 2 is 1.89 bits per heavy atom. The number of hydrogen-bond acceptors (Lipinski definition) is 5. The van der Waals surface area contributed by atoms with Gasteiger partial charge in [-0.3, -0.25) is 9.25 Å². The SMILES string of the molecule is O=C(OCCCn1c(=O)oc2ccccc21)c1ccc(Cn2cccn2)cc1. The zero-order chi connectivity index (χ0) is 19.3. The van der Waals surface area contributed by atoms with Crippen molar-refractivity contribution < 1.29 is 13.9 Å². The van der Waals surface area contributed by atoms with Crippen molar-refractivity contribution in [3.8, 4) is 0 Å². The van der Waals surface area contributed by atoms with Crippen molar-refractivity contribution in [1.82, 2.24) is 14.3 Å². The number of oxazole rings is 1. The Bertz CT molecular complexity index is 1120. The summed E-state index contributed by atoms with van der Waals surface area (Å²) < 4.78 is 13.9. The number of ether oxygens (including phenoxy) is 1. The van der Waals surface area contributed by atoms with Gasteiger partial charge in [-0.05, 0) is 42.3 Å². The van der Waals surface area contributed by atoms with Gasteiger partial charge < -0.3 is 9.15 Å². The lowest BCUT2D eigenvalue weighted by Crippen LogP contribution is -2.16. The first-order valence-corrected chi connectivity index (χ1v) is 9.02. The van der Waals surface area contributed by atoms with E-state index in [0.29, 0.717) is 30.7 Å². The standard InChI is InChI=1S/C21H19N3O4/c25-20(17-9-7-16(8-10-17)15-23-12-3-11-22-23)27-14-4-13-24-18-5-1-2-6-19(18)28-21(24)26/h1-3,5-12H,4,13-15H2. The fourth-order valence-corrected chi connectivity index (χ4v) is 3.02. The maximum Gasteiger partial charge on any atom is 0.419 e. The summed E-state index contributed by atoms with van der Waals surface area (Å²) in [6.45, 7) is 1.29. The van der Waals surface area contributed by atoms with Crippen molar-refractivity contribution in [3.63, 3.8) is 0 Å². The second-order valence-corrected chi connectivity index (χ2v) is 6.38. The van der Waals surface area contributed by atoms with E-state index in [1.807, 2.05) is 47.3 Å². The van der Waals surface area contributed by atoms with Gasteiger partial charge in [0.1, 0.15) is 0 Å². The molecular weight excluding hydrogens is 358 g/mol. The van der Waals surface area contributed by atoms with Crippen LogP contribution < -0.4 is 5.76 Å². The van der Waals surface area contributed by atoms with Gasteiger partial charge in [-0.1, -0.05) is 24.3 Å². The molecule has 28 heavy (non-hydrogen) atoms. The number of carbonyl (C=O) groups is 1. The molecule has 7 heteroatoms. The van der Waals surface area contributed by atoms with E-state index in [4.69, 9.17) is 9.15 Å². The summed E-state index contributed by atoms with van der Waals surface area (Å²) in [6, 6.07) is 16.4. The van der Waals surface area contributed by atoms with Gasteiger partial charge in [0.15, 0.2) is 5.58 Å². The molecule has 0 aliphatic rings. The van der Waals surface area contributed by atoms with Gasteiger partial charge in [-0.15, -0.1) is 0 Å². The molecule has 0 spiro atoms. The predicted octanol–water partition coefficient (Wildman–Crippen LogP) is 3.09. The number of hydrogen-bond donors (Lipinski definition) is 0. The van der Waals surface area contributed by atoms with Crippen molar-refractivity contribution in [1.29, 1.82) is 0 Å². The van der Waals surface area contributed by atoms with Gasteiger partial charge >= 0.3 is 11.7 Å². The molecule has 0 atom stereocenters. The number of carbonyl (C=O) groups excluding carboxylic acids is 1. The molecule has 2 heterocycles. The molecule has 4 rings (SSSR count). The highest BCUT2D eigenvalue weighted by Gasteiger charge is 2.10. The Morgan fingerprint density at radius 1 is 1.07 bits per heavy atom. The molecule has 0 saturated heterocycles. The van der Waals surface area contributed by atoms with Gasteiger partial charge in [0.05, 0.1) is 24.2 Å². The molecular formula is C21H19N3O4. The summed E-state index contributed by atoms with van der Waals surface area (Å²) in [7, 11) is 0. The van der Waals surface area contributed by atoms with Crippen molar-refractivity contribution in [2.24, 2.45) is 0 Å². The third-order valence-electron chi connectivity index (χ3n) is 4.43. The molecule has 142 valence electrons. The molecule has 0 aliphatic carbocycles. The molecule has 0 aliphatic heterocycles. The van der Waals surface area contributed by atoms with Crippen LogP contribution in [0.15, 0.2) is 76.2 Å². The first-order valence-electron chi connectivity index (χ1n) is 9.02. The van der Waals surface area contributed by atoms with Crippen LogP contribution in [0.25, 0.3) is 11.1 Å². The van der Waals surface area contributed by atoms with Gasteiger partial charge in [-0.2, -0.15) is 5.10 Å². The maximum atomic E-state index is 12.2. The largest absolute Gasteiger partial charge is 0.462 e. The summed E-state index contributed by atoms with van der Waals surface area (Å²) in [6.07, 6.45) is 4.13. The molecule has 4 aromatic rings. The van der Waals surface area contributed by atoms with Crippen molar-refractivity contribution in [3.05, 3.63) is 88.7 Å². The van der Waals surface area contributed by atoms with Crippen molar-refractivity contribution >= 4 is 17.1 Å². The maximum absolute atomic E-state index is 12.2. The summed E-state index contributed by atoms with van der Waals surface area (Å²) in [5.41, 5.74) is 2.84. The van der Waals surface area contributed by atoms with E-state index in [9.17, 15) is 9.59 Å². The lowest BCUT2D eigenvalue weighted by molar-refractivity contribution is 0.0496. The first-order chi connectivity index (χ1) is 13.7. The molecule has 0 bridgehead atoms. The molecule has 2 aromatic heterocycles. The fourth-order valence-electron chi connectivity index (χ4n) is 3.02. The normalized spacial score (nSPS) is 11.0. The quantitative estimate of drug-likeness (QED) is 0.365. The lowest BCUT2D eigenvalue weighted by Gasteiger charge is -2.07. The molecule has 0 unspecified atom stereocenters. The fraction of sp³-hybridized carbons (Fsp3) is 0.190. The molecule has 7 nitrogen and oxygen atoms in total. The Hall–Kier alpha value is -3.61. The zero-order valence-electron chi connectivity index (χ0n) is 15.2. The van der Waals surface area contributed by atoms with E-state index in [1.54, 1.807) is 29.0 Å². The molecule has 2 aromatic carbocycles. The van der Waals surface area contributed by atoms with Crippen LogP contribution in [0.1, 0.15) is 22.3 Å². The number of nitrogens with zero attached hydrogens (tertiary/aromatic N) is 3. The van der Waals surface area contributed by atoms with E-state index in [-0.39, 0.29) is 12.6 Å². The van der Waals surface area contributed by atoms with Crippen LogP contribution in [-0.4, -0.2) is 26.9 Å². The van der Waals surface area contributed by atoms with Gasteiger partial charge in [0.2, 0.25) is 0 Å². The molecule has 0 saturated carbocycles. The molecule has 0 radical (unpaired) electrons. The highest BCUT2D eigenvalue weighted by atomic mass is 16.5. The highest BCUT2D eigenvalue weighted by molar-refractivity contribution is 5.89. The number of fused-ring (bicyclic) bond motifs is 1. The average Bonchev–Trinajstić information content (AvgIpc) is 3.33. The number of rotatable bonds is 7. The highest BCUT2D eigenvalue weighted by Crippen LogP contribution is 2.12. The number of aromatic nitrogens is 3. The number of para-hydroxylation sites is 2. The monoisotopic (exact) mass is 377 g/mol. The second kappa shape index (κ2) is 7.96. The van der Waals surface area contributed by atoms with E-state index < -0.39 is 5.76 Å². The van der Waals surface area contributed by atoms with Crippen molar-refractivity contribution in [2.75, 3.05) is 6.61 Å². The summed E-state index contributed by atoms with van der Waals surface area (Å²) >= 11 is 0. The van der Waals surface area contributed by atoms with E-state index in [0.717, 1.165) is 11.1 Å². The third kappa shape index (κ3) is 3.88. The summed E-state index contributed by atoms with van der Waals surface area (Å²) in [5.74, 6) is -0.782. The minimum absolute atomic E-state index is 0.222. The van der Waals surface area contributed by atoms with Gasteiger partial charge in [-0.25, -0.2) is 9.59 Å². The lowest BCUT2D eigenvalue weighted by atomic mass is 10.1. The summed E-state index contributed by atoms with van der Waals surface area (Å²) in [4.78, 5) is 24.1. The number of esters is 1. The Kier molecular flexibility index (Phi) is 5.05. The van der Waals surface area contributed by atoms with Crippen LogP contribution in [-0.2, 0) is 17.8 Å². The van der Waals surface area contributed by atoms with Gasteiger partial charge in [0, 0.05) is 18.9 Å². The second-order valence-electron chi connectivity index (χ2n) is 6.38. The summed E-state index contributed by atoms with van der Waals surface area (Å²) in [5, 5.41) is 4.16. The molecule has 0 amide bonds. The number of aryl methyl sites for hydroxylation is 1. The number of benzene rings is 2. The minimum Gasteiger partial charge on any atom is -0.462 e. The van der Waals surface area contributed by atoms with E-state index >= 15 is 0 Å². The smallest absolute Gasteiger partial charge is 0.419 e. The van der Waals surface area contributed by atoms with Crippen LogP contribution in [0.2, 0.25) is 0 Å². The zero-order valence-corrected chi connectivity index (χ0v) is 15.2. The van der Waals surface area contributed by atoms with E-state index in [1.165, 1.54) is 0 Å². The van der Waals surface area contributed by atoms with Gasteiger partial charge in [0.25, 0.3) is 0 Å². The van der Waals surface area contributed by atoms with Crippen LogP contribution in [0.4, 0.5) is 0 Å². The van der Waals surface area contributed by atoms with Crippen LogP contribution in [0.3, 0.4) is 0 Å². The third-order valence-corrected chi connectivity index (χ3v) is 4.43. The van der Waals surface area contributed by atoms with E-state index in [2.05, 4.69) is 5.10 Å². The topological polar surface area (TPSA) is 79.3 Å². The molecule has 0 fully saturated rings. The van der Waals surface area contributed by atoms with Crippen LogP contribution in [0.5, 0.6) is 0 Å². The predicted molar refractivity (Wildman–Crippen MR) is 103 cm³/mol. The Morgan fingerprint density at radius 3 is 2.68 bits per heavy atom. The Labute approximate surface area is 160 Å².